The van der Waals surface area contributed by atoms with Crippen molar-refractivity contribution in [1.82, 2.24) is 14.6 Å². The first kappa shape index (κ1) is 32.7. The number of nitrogens with one attached hydrogen (secondary N) is 2. The lowest BCUT2D eigenvalue weighted by atomic mass is 9.98. The van der Waals surface area contributed by atoms with Crippen LogP contribution in [0.25, 0.3) is 10.2 Å². The lowest BCUT2D eigenvalue weighted by molar-refractivity contribution is -0.169. The number of aromatic nitrogens is 1. The van der Waals surface area contributed by atoms with Crippen LogP contribution in [0.5, 0.6) is 0 Å². The van der Waals surface area contributed by atoms with Gasteiger partial charge in [0.15, 0.2) is 11.4 Å². The highest BCUT2D eigenvalue weighted by atomic mass is 32.2. The van der Waals surface area contributed by atoms with Gasteiger partial charge in [-0.15, -0.1) is 0 Å². The molecule has 3 aromatic rings. The van der Waals surface area contributed by atoms with Crippen molar-refractivity contribution in [2.45, 2.75) is 75.0 Å². The quantitative estimate of drug-likeness (QED) is 0.239. The lowest BCUT2D eigenvalue weighted by Gasteiger charge is -2.31. The van der Waals surface area contributed by atoms with Gasteiger partial charge < -0.3 is 30.0 Å². The summed E-state index contributed by atoms with van der Waals surface area (Å²) in [5.41, 5.74) is 1.25. The average molecular weight is 689 g/mol. The first-order valence-electron chi connectivity index (χ1n) is 16.3. The number of halogens is 1. The van der Waals surface area contributed by atoms with Gasteiger partial charge in [0.25, 0.3) is 0 Å². The minimum Gasteiger partial charge on any atom is -0.445 e. The molecule has 4 aliphatic rings. The molecular weight excluding hydrogens is 648 g/mol. The van der Waals surface area contributed by atoms with Gasteiger partial charge in [0.1, 0.15) is 11.9 Å². The molecule has 0 spiro atoms. The molecule has 1 amide bonds. The average Bonchev–Trinajstić information content (AvgIpc) is 3.48. The van der Waals surface area contributed by atoms with E-state index in [9.17, 15) is 22.7 Å². The molecule has 1 aromatic heterocycles. The van der Waals surface area contributed by atoms with Gasteiger partial charge in [-0.1, -0.05) is 37.3 Å². The zero-order valence-corrected chi connectivity index (χ0v) is 28.0. The molecule has 2 aliphatic carbocycles. The van der Waals surface area contributed by atoms with Crippen molar-refractivity contribution in [3.05, 3.63) is 53.8 Å². The van der Waals surface area contributed by atoms with Crippen molar-refractivity contribution in [3.63, 3.8) is 0 Å². The molecule has 2 saturated heterocycles. The SMILES string of the molecule is CC(C)CN(C[C@@H](O)[C@H](Cc1cccc(F)c1)NC(=O)O[C@H]1C2COC3OCC1C3C2)S(=O)(=O)c1ccc2nc(NC3CC3)sc2c1. The number of fused-ring (bicyclic) bond motifs is 2. The molecule has 11 nitrogen and oxygen atoms in total. The van der Waals surface area contributed by atoms with Crippen molar-refractivity contribution in [1.29, 1.82) is 0 Å². The van der Waals surface area contributed by atoms with Crippen LogP contribution in [0.15, 0.2) is 47.4 Å². The Hall–Kier alpha value is -2.88. The number of hydrogen-bond acceptors (Lipinski definition) is 10. The second-order valence-electron chi connectivity index (χ2n) is 13.7. The van der Waals surface area contributed by atoms with Crippen molar-refractivity contribution >= 4 is 42.8 Å². The molecule has 3 heterocycles. The molecule has 2 bridgehead atoms. The number of sulfonamides is 1. The molecule has 4 fully saturated rings. The summed E-state index contributed by atoms with van der Waals surface area (Å²) in [6, 6.07) is 10.2. The van der Waals surface area contributed by atoms with E-state index in [4.69, 9.17) is 14.2 Å². The molecule has 7 rings (SSSR count). The predicted molar refractivity (Wildman–Crippen MR) is 174 cm³/mol. The number of ether oxygens (including phenoxy) is 3. The van der Waals surface area contributed by atoms with Crippen LogP contribution in [-0.4, -0.2) is 85.8 Å². The van der Waals surface area contributed by atoms with Crippen LogP contribution in [0, 0.1) is 29.5 Å². The molecule has 254 valence electrons. The number of carbonyl (C=O) groups is 1. The minimum absolute atomic E-state index is 0.0352. The Balaban J connectivity index is 1.10. The van der Waals surface area contributed by atoms with E-state index in [1.807, 2.05) is 13.8 Å². The predicted octanol–water partition coefficient (Wildman–Crippen LogP) is 4.36. The maximum absolute atomic E-state index is 14.1. The Morgan fingerprint density at radius 2 is 1.96 bits per heavy atom. The Kier molecular flexibility index (Phi) is 9.17. The van der Waals surface area contributed by atoms with Gasteiger partial charge in [-0.3, -0.25) is 0 Å². The topological polar surface area (TPSA) is 139 Å². The van der Waals surface area contributed by atoms with Gasteiger partial charge in [-0.05, 0) is 67.5 Å². The second kappa shape index (κ2) is 13.2. The highest BCUT2D eigenvalue weighted by molar-refractivity contribution is 7.89. The Bertz CT molecular complexity index is 1720. The second-order valence-corrected chi connectivity index (χ2v) is 16.6. The highest BCUT2D eigenvalue weighted by Gasteiger charge is 2.56. The van der Waals surface area contributed by atoms with Crippen LogP contribution >= 0.6 is 11.3 Å². The molecule has 47 heavy (non-hydrogen) atoms. The summed E-state index contributed by atoms with van der Waals surface area (Å²) < 4.78 is 61.8. The molecule has 7 atom stereocenters. The van der Waals surface area contributed by atoms with Crippen LogP contribution in [0.1, 0.15) is 38.7 Å². The normalized spacial score (nSPS) is 26.6. The molecular formula is C33H41FN4O7S2. The summed E-state index contributed by atoms with van der Waals surface area (Å²) in [4.78, 5) is 18.1. The van der Waals surface area contributed by atoms with E-state index in [1.54, 1.807) is 24.3 Å². The third kappa shape index (κ3) is 7.13. The molecule has 3 N–H and O–H groups in total. The van der Waals surface area contributed by atoms with Crippen molar-refractivity contribution in [2.75, 3.05) is 31.6 Å². The lowest BCUT2D eigenvalue weighted by Crippen LogP contribution is -2.52. The van der Waals surface area contributed by atoms with Crippen LogP contribution in [0.3, 0.4) is 0 Å². The van der Waals surface area contributed by atoms with E-state index in [1.165, 1.54) is 33.8 Å². The fourth-order valence-corrected chi connectivity index (χ4v) is 9.76. The van der Waals surface area contributed by atoms with Crippen molar-refractivity contribution in [3.8, 4) is 0 Å². The van der Waals surface area contributed by atoms with Crippen LogP contribution < -0.4 is 10.6 Å². The van der Waals surface area contributed by atoms with E-state index in [0.717, 1.165) is 29.1 Å². The largest absolute Gasteiger partial charge is 0.445 e. The molecule has 4 unspecified atom stereocenters. The van der Waals surface area contributed by atoms with Crippen molar-refractivity contribution in [2.24, 2.45) is 23.7 Å². The number of aliphatic hydroxyl groups is 1. The molecule has 2 saturated carbocycles. The summed E-state index contributed by atoms with van der Waals surface area (Å²) in [6.45, 7) is 4.53. The van der Waals surface area contributed by atoms with Crippen molar-refractivity contribution < 1.29 is 36.9 Å². The number of amides is 1. The van der Waals surface area contributed by atoms with Gasteiger partial charge in [0, 0.05) is 36.9 Å². The minimum atomic E-state index is -4.06. The van der Waals surface area contributed by atoms with E-state index in [0.29, 0.717) is 30.3 Å². The maximum Gasteiger partial charge on any atom is 0.407 e. The fourth-order valence-electron chi connectivity index (χ4n) is 7.05. The first-order valence-corrected chi connectivity index (χ1v) is 18.6. The summed E-state index contributed by atoms with van der Waals surface area (Å²) in [5.74, 6) is -0.233. The third-order valence-corrected chi connectivity index (χ3v) is 12.3. The van der Waals surface area contributed by atoms with Gasteiger partial charge >= 0.3 is 6.09 Å². The standard InChI is InChI=1S/C33H41FN4O7S2/c1-18(2)14-38(47(41,42)23-8-9-26-29(13-23)46-32(36-26)35-22-6-7-22)15-28(39)27(11-19-4-3-5-21(34)10-19)37-33(40)45-30-20-12-24-25(30)17-44-31(24)43-16-20/h3-5,8-10,13,18,20,22,24-25,27-28,30-31,39H,6-7,11-12,14-17H2,1-2H3,(H,35,36)(H,37,40)/t20?,24?,25?,27-,28+,30-,31?/m0/s1. The molecule has 2 aliphatic heterocycles. The molecule has 2 aromatic carbocycles. The Labute approximate surface area is 277 Å². The number of benzene rings is 2. The Morgan fingerprint density at radius 3 is 2.72 bits per heavy atom. The number of alkyl carbamates (subject to hydrolysis) is 1. The zero-order valence-electron chi connectivity index (χ0n) is 26.4. The molecule has 14 heteroatoms. The molecule has 0 radical (unpaired) electrons. The summed E-state index contributed by atoms with van der Waals surface area (Å²) in [5, 5.41) is 18.6. The number of anilines is 1. The smallest absolute Gasteiger partial charge is 0.407 e. The summed E-state index contributed by atoms with van der Waals surface area (Å²) >= 11 is 1.41. The monoisotopic (exact) mass is 688 g/mol. The Morgan fingerprint density at radius 1 is 1.15 bits per heavy atom. The fraction of sp³-hybridized carbons (Fsp3) is 0.576. The number of hydrogen-bond donors (Lipinski definition) is 3. The number of carbonyl (C=O) groups excluding carboxylic acids is 1. The number of rotatable bonds is 13. The number of thiazole rings is 1. The maximum atomic E-state index is 14.1. The van der Waals surface area contributed by atoms with Gasteiger partial charge in [-0.25, -0.2) is 22.6 Å². The van der Waals surface area contributed by atoms with Crippen LogP contribution in [-0.2, 0) is 30.7 Å². The van der Waals surface area contributed by atoms with Gasteiger partial charge in [-0.2, -0.15) is 4.31 Å². The summed E-state index contributed by atoms with van der Waals surface area (Å²) in [7, 11) is -4.06. The number of nitrogens with zero attached hydrogens (tertiary/aromatic N) is 2. The highest BCUT2D eigenvalue weighted by Crippen LogP contribution is 2.49. The van der Waals surface area contributed by atoms with Crippen LogP contribution in [0.2, 0.25) is 0 Å². The zero-order chi connectivity index (χ0) is 32.9. The van der Waals surface area contributed by atoms with E-state index in [-0.39, 0.29) is 60.5 Å². The van der Waals surface area contributed by atoms with Crippen LogP contribution in [0.4, 0.5) is 14.3 Å². The van der Waals surface area contributed by atoms with E-state index in [2.05, 4.69) is 15.6 Å². The number of aliphatic hydroxyl groups excluding tert-OH is 1. The first-order chi connectivity index (χ1) is 22.5. The third-order valence-electron chi connectivity index (χ3n) is 9.51. The van der Waals surface area contributed by atoms with Gasteiger partial charge in [0.05, 0.1) is 40.5 Å². The summed E-state index contributed by atoms with van der Waals surface area (Å²) in [6.07, 6.45) is 0.393. The van der Waals surface area contributed by atoms with E-state index >= 15 is 0 Å². The van der Waals surface area contributed by atoms with Gasteiger partial charge in [0.2, 0.25) is 10.0 Å². The van der Waals surface area contributed by atoms with E-state index < -0.39 is 34.1 Å².